The van der Waals surface area contributed by atoms with Crippen molar-refractivity contribution in [2.45, 2.75) is 38.7 Å². The summed E-state index contributed by atoms with van der Waals surface area (Å²) in [7, 11) is 0. The molecule has 2 rings (SSSR count). The number of carbonyl (C=O) groups is 1. The number of hydrogen-bond acceptors (Lipinski definition) is 2. The third-order valence-electron chi connectivity index (χ3n) is 3.55. The van der Waals surface area contributed by atoms with Crippen molar-refractivity contribution in [2.75, 3.05) is 6.61 Å². The van der Waals surface area contributed by atoms with Crippen LogP contribution in [0.2, 0.25) is 10.0 Å². The minimum absolute atomic E-state index is 0.204. The molecule has 0 heterocycles. The van der Waals surface area contributed by atoms with E-state index in [0.29, 0.717) is 34.9 Å². The maximum atomic E-state index is 12.0. The average molecular weight is 301 g/mol. The molecule has 0 radical (unpaired) electrons. The van der Waals surface area contributed by atoms with Crippen molar-refractivity contribution >= 4 is 29.0 Å². The molecule has 1 aliphatic rings. The summed E-state index contributed by atoms with van der Waals surface area (Å²) in [4.78, 5) is 12.0. The first-order valence-electron chi connectivity index (χ1n) is 6.66. The van der Waals surface area contributed by atoms with Crippen LogP contribution < -0.4 is 0 Å². The fraction of sp³-hybridized carbons (Fsp3) is 0.533. The van der Waals surface area contributed by atoms with Crippen LogP contribution in [0.4, 0.5) is 0 Å². The maximum Gasteiger partial charge on any atom is 0.137 e. The first kappa shape index (κ1) is 14.8. The molecule has 0 bridgehead atoms. The van der Waals surface area contributed by atoms with Crippen molar-refractivity contribution in [1.82, 2.24) is 0 Å². The van der Waals surface area contributed by atoms with Crippen molar-refractivity contribution in [3.63, 3.8) is 0 Å². The summed E-state index contributed by atoms with van der Waals surface area (Å²) in [5.74, 6) is 0.667. The molecule has 0 aromatic heterocycles. The van der Waals surface area contributed by atoms with Gasteiger partial charge < -0.3 is 4.74 Å². The molecule has 0 unspecified atom stereocenters. The van der Waals surface area contributed by atoms with Crippen LogP contribution in [0.25, 0.3) is 0 Å². The molecule has 0 N–H and O–H groups in total. The topological polar surface area (TPSA) is 26.3 Å². The van der Waals surface area contributed by atoms with E-state index in [0.717, 1.165) is 25.0 Å². The molecule has 0 atom stereocenters. The lowest BCUT2D eigenvalue weighted by Gasteiger charge is -2.34. The number of Topliss-reactive ketones (excluding diaryl/α,β-unsaturated/α-hetero) is 1. The second kappa shape index (κ2) is 6.74. The van der Waals surface area contributed by atoms with Crippen LogP contribution in [0.3, 0.4) is 0 Å². The Bertz CT molecular complexity index is 433. The third-order valence-corrected chi connectivity index (χ3v) is 4.26. The summed E-state index contributed by atoms with van der Waals surface area (Å²) in [6.45, 7) is 2.75. The fourth-order valence-electron chi connectivity index (χ4n) is 2.51. The summed E-state index contributed by atoms with van der Waals surface area (Å²) in [5.41, 5.74) is 0.747. The molecular formula is C15H18Cl2O2. The van der Waals surface area contributed by atoms with Crippen LogP contribution >= 0.6 is 23.2 Å². The normalized spacial score (nSPS) is 22.1. The number of ketones is 1. The summed E-state index contributed by atoms with van der Waals surface area (Å²) >= 11 is 12.1. The number of hydrogen-bond donors (Lipinski definition) is 0. The van der Waals surface area contributed by atoms with E-state index in [2.05, 4.69) is 0 Å². The Morgan fingerprint density at radius 2 is 1.95 bits per heavy atom. The fourth-order valence-corrected chi connectivity index (χ4v) is 3.04. The van der Waals surface area contributed by atoms with E-state index in [1.165, 1.54) is 0 Å². The van der Waals surface area contributed by atoms with Crippen LogP contribution in [0.15, 0.2) is 18.2 Å². The molecule has 1 saturated carbocycles. The minimum Gasteiger partial charge on any atom is -0.378 e. The summed E-state index contributed by atoms with van der Waals surface area (Å²) < 4.78 is 5.49. The van der Waals surface area contributed by atoms with Gasteiger partial charge in [-0.1, -0.05) is 29.3 Å². The van der Waals surface area contributed by atoms with Crippen molar-refractivity contribution in [3.8, 4) is 0 Å². The molecule has 0 spiro atoms. The Hall–Kier alpha value is -0.570. The zero-order valence-corrected chi connectivity index (χ0v) is 12.5. The van der Waals surface area contributed by atoms with Crippen LogP contribution in [0, 0.1) is 5.92 Å². The first-order chi connectivity index (χ1) is 9.10. The van der Waals surface area contributed by atoms with Crippen LogP contribution in [0.5, 0.6) is 0 Å². The minimum atomic E-state index is 0.204. The van der Waals surface area contributed by atoms with E-state index in [9.17, 15) is 4.79 Å². The van der Waals surface area contributed by atoms with Gasteiger partial charge in [0.15, 0.2) is 0 Å². The van der Waals surface area contributed by atoms with Gasteiger partial charge in [-0.15, -0.1) is 0 Å². The van der Waals surface area contributed by atoms with Gasteiger partial charge in [0.2, 0.25) is 0 Å². The molecule has 1 aliphatic carbocycles. The molecule has 1 fully saturated rings. The van der Waals surface area contributed by atoms with Gasteiger partial charge in [-0.05, 0) is 43.4 Å². The molecular weight excluding hydrogens is 283 g/mol. The zero-order chi connectivity index (χ0) is 13.8. The molecule has 19 heavy (non-hydrogen) atoms. The SMILES string of the molecule is CCOC1CC(CC(=O)Cc2c(Cl)cccc2Cl)C1. The summed E-state index contributed by atoms with van der Waals surface area (Å²) in [6, 6.07) is 5.33. The Morgan fingerprint density at radius 3 is 2.53 bits per heavy atom. The number of carbonyl (C=O) groups excluding carboxylic acids is 1. The second-order valence-electron chi connectivity index (χ2n) is 5.03. The van der Waals surface area contributed by atoms with Crippen molar-refractivity contribution < 1.29 is 9.53 Å². The van der Waals surface area contributed by atoms with Gasteiger partial charge in [-0.3, -0.25) is 4.79 Å². The Balaban J connectivity index is 1.82. The number of benzene rings is 1. The van der Waals surface area contributed by atoms with Crippen molar-refractivity contribution in [2.24, 2.45) is 5.92 Å². The molecule has 0 saturated heterocycles. The predicted octanol–water partition coefficient (Wildman–Crippen LogP) is 4.31. The van der Waals surface area contributed by atoms with Gasteiger partial charge in [-0.25, -0.2) is 0 Å². The smallest absolute Gasteiger partial charge is 0.137 e. The molecule has 0 aliphatic heterocycles. The largest absolute Gasteiger partial charge is 0.378 e. The van der Waals surface area contributed by atoms with Crippen LogP contribution in [-0.2, 0) is 16.0 Å². The molecule has 4 heteroatoms. The second-order valence-corrected chi connectivity index (χ2v) is 5.85. The van der Waals surface area contributed by atoms with Gasteiger partial charge in [0.25, 0.3) is 0 Å². The lowest BCUT2D eigenvalue weighted by Crippen LogP contribution is -2.33. The van der Waals surface area contributed by atoms with Gasteiger partial charge >= 0.3 is 0 Å². The monoisotopic (exact) mass is 300 g/mol. The van der Waals surface area contributed by atoms with E-state index in [1.54, 1.807) is 18.2 Å². The summed E-state index contributed by atoms with van der Waals surface area (Å²) in [6.07, 6.45) is 3.28. The van der Waals surface area contributed by atoms with Gasteiger partial charge in [0.1, 0.15) is 5.78 Å². The van der Waals surface area contributed by atoms with Crippen molar-refractivity contribution in [1.29, 1.82) is 0 Å². The van der Waals surface area contributed by atoms with E-state index >= 15 is 0 Å². The van der Waals surface area contributed by atoms with Gasteiger partial charge in [-0.2, -0.15) is 0 Å². The van der Waals surface area contributed by atoms with Crippen molar-refractivity contribution in [3.05, 3.63) is 33.8 Å². The lowest BCUT2D eigenvalue weighted by atomic mass is 9.78. The lowest BCUT2D eigenvalue weighted by molar-refractivity contribution is -0.121. The predicted molar refractivity (Wildman–Crippen MR) is 77.9 cm³/mol. The molecule has 1 aromatic rings. The number of rotatable bonds is 6. The Kier molecular flexibility index (Phi) is 5.26. The zero-order valence-electron chi connectivity index (χ0n) is 11.0. The van der Waals surface area contributed by atoms with E-state index in [1.807, 2.05) is 6.92 Å². The van der Waals surface area contributed by atoms with Crippen LogP contribution in [0.1, 0.15) is 31.7 Å². The van der Waals surface area contributed by atoms with Gasteiger partial charge in [0.05, 0.1) is 6.10 Å². The Labute approximate surface area is 124 Å². The molecule has 0 amide bonds. The quantitative estimate of drug-likeness (QED) is 0.782. The van der Waals surface area contributed by atoms with E-state index < -0.39 is 0 Å². The highest BCUT2D eigenvalue weighted by atomic mass is 35.5. The van der Waals surface area contributed by atoms with E-state index in [-0.39, 0.29) is 5.78 Å². The molecule has 1 aromatic carbocycles. The number of ether oxygens (including phenoxy) is 1. The Morgan fingerprint density at radius 1 is 1.32 bits per heavy atom. The average Bonchev–Trinajstić information content (AvgIpc) is 2.31. The highest BCUT2D eigenvalue weighted by Crippen LogP contribution is 2.34. The van der Waals surface area contributed by atoms with Crippen LogP contribution in [-0.4, -0.2) is 18.5 Å². The molecule has 2 nitrogen and oxygen atoms in total. The standard InChI is InChI=1S/C15H18Cl2O2/c1-2-19-12-7-10(8-12)6-11(18)9-13-14(16)4-3-5-15(13)17/h3-5,10,12H,2,6-9H2,1H3. The summed E-state index contributed by atoms with van der Waals surface area (Å²) in [5, 5.41) is 1.14. The number of halogens is 2. The van der Waals surface area contributed by atoms with Gasteiger partial charge in [0, 0.05) is 29.5 Å². The molecule has 104 valence electrons. The first-order valence-corrected chi connectivity index (χ1v) is 7.42. The van der Waals surface area contributed by atoms with E-state index in [4.69, 9.17) is 27.9 Å². The highest BCUT2D eigenvalue weighted by Gasteiger charge is 2.31. The maximum absolute atomic E-state index is 12.0. The third kappa shape index (κ3) is 3.95. The highest BCUT2D eigenvalue weighted by molar-refractivity contribution is 6.36.